The van der Waals surface area contributed by atoms with Gasteiger partial charge in [0.15, 0.2) is 0 Å². The number of hydrogen-bond acceptors (Lipinski definition) is 3. The third-order valence-electron chi connectivity index (χ3n) is 4.41. The number of rotatable bonds is 7. The predicted octanol–water partition coefficient (Wildman–Crippen LogP) is 3.35. The zero-order valence-electron chi connectivity index (χ0n) is 13.3. The Morgan fingerprint density at radius 2 is 2.05 bits per heavy atom. The molecule has 114 valence electrons. The van der Waals surface area contributed by atoms with Gasteiger partial charge in [0, 0.05) is 18.5 Å². The summed E-state index contributed by atoms with van der Waals surface area (Å²) in [4.78, 5) is 4.49. The molecule has 1 aromatic rings. The van der Waals surface area contributed by atoms with E-state index in [2.05, 4.69) is 40.9 Å². The van der Waals surface area contributed by atoms with Crippen LogP contribution in [0.25, 0.3) is 0 Å². The summed E-state index contributed by atoms with van der Waals surface area (Å²) in [6, 6.07) is 0.961. The molecular weight excluding hydrogens is 248 g/mol. The Labute approximate surface area is 123 Å². The van der Waals surface area contributed by atoms with Crippen LogP contribution >= 0.6 is 0 Å². The molecule has 0 radical (unpaired) electrons. The SMILES string of the molecule is CCCNC(Cc1ncnn1C(C)C)C1CCCCC1. The van der Waals surface area contributed by atoms with Crippen LogP contribution in [0.2, 0.25) is 0 Å². The van der Waals surface area contributed by atoms with E-state index in [1.54, 1.807) is 6.33 Å². The van der Waals surface area contributed by atoms with Gasteiger partial charge in [0.1, 0.15) is 12.2 Å². The molecule has 1 fully saturated rings. The molecule has 0 amide bonds. The van der Waals surface area contributed by atoms with Crippen LogP contribution in [-0.2, 0) is 6.42 Å². The van der Waals surface area contributed by atoms with E-state index in [1.165, 1.54) is 38.5 Å². The van der Waals surface area contributed by atoms with Crippen LogP contribution in [0.4, 0.5) is 0 Å². The van der Waals surface area contributed by atoms with E-state index in [-0.39, 0.29) is 0 Å². The summed E-state index contributed by atoms with van der Waals surface area (Å²) in [5.41, 5.74) is 0. The molecule has 1 aliphatic carbocycles. The molecule has 0 aromatic carbocycles. The molecule has 0 spiro atoms. The Morgan fingerprint density at radius 3 is 2.70 bits per heavy atom. The second-order valence-corrected chi connectivity index (χ2v) is 6.38. The molecule has 0 saturated heterocycles. The summed E-state index contributed by atoms with van der Waals surface area (Å²) >= 11 is 0. The van der Waals surface area contributed by atoms with Gasteiger partial charge in [-0.15, -0.1) is 0 Å². The van der Waals surface area contributed by atoms with Crippen LogP contribution in [0.5, 0.6) is 0 Å². The Kier molecular flexibility index (Phi) is 6.02. The summed E-state index contributed by atoms with van der Waals surface area (Å²) < 4.78 is 2.07. The van der Waals surface area contributed by atoms with Gasteiger partial charge < -0.3 is 5.32 Å². The molecule has 1 N–H and O–H groups in total. The lowest BCUT2D eigenvalue weighted by Crippen LogP contribution is -2.40. The van der Waals surface area contributed by atoms with Crippen molar-refractivity contribution < 1.29 is 0 Å². The molecule has 20 heavy (non-hydrogen) atoms. The lowest BCUT2D eigenvalue weighted by Gasteiger charge is -2.31. The Morgan fingerprint density at radius 1 is 1.30 bits per heavy atom. The van der Waals surface area contributed by atoms with E-state index in [0.29, 0.717) is 12.1 Å². The number of aromatic nitrogens is 3. The van der Waals surface area contributed by atoms with E-state index in [1.807, 2.05) is 0 Å². The minimum Gasteiger partial charge on any atom is -0.313 e. The summed E-state index contributed by atoms with van der Waals surface area (Å²) in [5.74, 6) is 1.95. The fraction of sp³-hybridized carbons (Fsp3) is 0.875. The fourth-order valence-electron chi connectivity index (χ4n) is 3.32. The van der Waals surface area contributed by atoms with Crippen LogP contribution in [0, 0.1) is 5.92 Å². The molecule has 2 rings (SSSR count). The number of nitrogens with one attached hydrogen (secondary N) is 1. The monoisotopic (exact) mass is 278 g/mol. The van der Waals surface area contributed by atoms with Gasteiger partial charge in [-0.25, -0.2) is 9.67 Å². The van der Waals surface area contributed by atoms with Gasteiger partial charge in [-0.05, 0) is 45.6 Å². The molecule has 1 aromatic heterocycles. The van der Waals surface area contributed by atoms with Crippen molar-refractivity contribution in [3.8, 4) is 0 Å². The minimum absolute atomic E-state index is 0.394. The van der Waals surface area contributed by atoms with E-state index in [0.717, 1.165) is 24.7 Å². The smallest absolute Gasteiger partial charge is 0.138 e. The van der Waals surface area contributed by atoms with Gasteiger partial charge >= 0.3 is 0 Å². The van der Waals surface area contributed by atoms with Crippen LogP contribution < -0.4 is 5.32 Å². The summed E-state index contributed by atoms with van der Waals surface area (Å²) in [6.45, 7) is 7.69. The molecule has 4 nitrogen and oxygen atoms in total. The first kappa shape index (κ1) is 15.5. The third-order valence-corrected chi connectivity index (χ3v) is 4.41. The highest BCUT2D eigenvalue weighted by atomic mass is 15.3. The lowest BCUT2D eigenvalue weighted by atomic mass is 9.82. The highest BCUT2D eigenvalue weighted by Gasteiger charge is 2.25. The molecule has 0 bridgehead atoms. The zero-order valence-corrected chi connectivity index (χ0v) is 13.3. The van der Waals surface area contributed by atoms with E-state index < -0.39 is 0 Å². The summed E-state index contributed by atoms with van der Waals surface area (Å²) in [5, 5.41) is 8.13. The molecule has 1 unspecified atom stereocenters. The second kappa shape index (κ2) is 7.77. The van der Waals surface area contributed by atoms with Crippen molar-refractivity contribution in [2.75, 3.05) is 6.54 Å². The molecule has 4 heteroatoms. The maximum absolute atomic E-state index is 4.49. The second-order valence-electron chi connectivity index (χ2n) is 6.38. The van der Waals surface area contributed by atoms with Crippen molar-refractivity contribution in [1.82, 2.24) is 20.1 Å². The summed E-state index contributed by atoms with van der Waals surface area (Å²) in [6.07, 6.45) is 10.9. The van der Waals surface area contributed by atoms with Crippen molar-refractivity contribution in [3.63, 3.8) is 0 Å². The molecule has 1 saturated carbocycles. The van der Waals surface area contributed by atoms with E-state index in [4.69, 9.17) is 0 Å². The first-order valence-electron chi connectivity index (χ1n) is 8.34. The number of nitrogens with zero attached hydrogens (tertiary/aromatic N) is 3. The van der Waals surface area contributed by atoms with Crippen molar-refractivity contribution in [2.45, 2.75) is 77.8 Å². The molecule has 1 aliphatic rings. The van der Waals surface area contributed by atoms with Crippen LogP contribution in [0.3, 0.4) is 0 Å². The molecule has 0 aliphatic heterocycles. The van der Waals surface area contributed by atoms with Crippen molar-refractivity contribution in [3.05, 3.63) is 12.2 Å². The van der Waals surface area contributed by atoms with Gasteiger partial charge in [-0.2, -0.15) is 5.10 Å². The van der Waals surface area contributed by atoms with Crippen molar-refractivity contribution in [1.29, 1.82) is 0 Å². The fourth-order valence-corrected chi connectivity index (χ4v) is 3.32. The topological polar surface area (TPSA) is 42.7 Å². The lowest BCUT2D eigenvalue weighted by molar-refractivity contribution is 0.262. The first-order valence-corrected chi connectivity index (χ1v) is 8.34. The van der Waals surface area contributed by atoms with Gasteiger partial charge in [-0.1, -0.05) is 26.2 Å². The van der Waals surface area contributed by atoms with Gasteiger partial charge in [0.05, 0.1) is 0 Å². The van der Waals surface area contributed by atoms with Crippen molar-refractivity contribution >= 4 is 0 Å². The van der Waals surface area contributed by atoms with Crippen LogP contribution in [0.15, 0.2) is 6.33 Å². The Hall–Kier alpha value is -0.900. The maximum atomic E-state index is 4.49. The maximum Gasteiger partial charge on any atom is 0.138 e. The molecule has 1 atom stereocenters. The van der Waals surface area contributed by atoms with E-state index >= 15 is 0 Å². The first-order chi connectivity index (χ1) is 9.72. The Bertz CT molecular complexity index is 380. The van der Waals surface area contributed by atoms with Gasteiger partial charge in [0.2, 0.25) is 0 Å². The molecular formula is C16H30N4. The highest BCUT2D eigenvalue weighted by molar-refractivity contribution is 4.94. The predicted molar refractivity (Wildman–Crippen MR) is 82.8 cm³/mol. The largest absolute Gasteiger partial charge is 0.313 e. The summed E-state index contributed by atoms with van der Waals surface area (Å²) in [7, 11) is 0. The van der Waals surface area contributed by atoms with Crippen LogP contribution in [-0.4, -0.2) is 27.4 Å². The standard InChI is InChI=1S/C16H30N4/c1-4-10-17-15(14-8-6-5-7-9-14)11-16-18-12-19-20(16)13(2)3/h12-15,17H,4-11H2,1-3H3. The van der Waals surface area contributed by atoms with Gasteiger partial charge in [-0.3, -0.25) is 0 Å². The van der Waals surface area contributed by atoms with Crippen LogP contribution in [0.1, 0.15) is 71.2 Å². The highest BCUT2D eigenvalue weighted by Crippen LogP contribution is 2.28. The minimum atomic E-state index is 0.394. The average Bonchev–Trinajstić information content (AvgIpc) is 2.92. The van der Waals surface area contributed by atoms with Crippen molar-refractivity contribution in [2.24, 2.45) is 5.92 Å². The van der Waals surface area contributed by atoms with E-state index in [9.17, 15) is 0 Å². The number of hydrogen-bond donors (Lipinski definition) is 1. The van der Waals surface area contributed by atoms with Gasteiger partial charge in [0.25, 0.3) is 0 Å². The average molecular weight is 278 g/mol. The quantitative estimate of drug-likeness (QED) is 0.831. The zero-order chi connectivity index (χ0) is 14.4. The Balaban J connectivity index is 2.03. The molecule has 1 heterocycles. The normalized spacial score (nSPS) is 18.6. The third kappa shape index (κ3) is 4.05.